The molecule has 0 spiro atoms. The second kappa shape index (κ2) is 7.13. The van der Waals surface area contributed by atoms with Gasteiger partial charge in [-0.2, -0.15) is 0 Å². The van der Waals surface area contributed by atoms with Crippen molar-refractivity contribution in [1.29, 1.82) is 0 Å². The summed E-state index contributed by atoms with van der Waals surface area (Å²) < 4.78 is 0. The molecule has 2 aliphatic heterocycles. The second-order valence-corrected chi connectivity index (χ2v) is 6.71. The number of aromatic nitrogens is 1. The number of carbonyl (C=O) groups is 1. The van der Waals surface area contributed by atoms with E-state index in [0.717, 1.165) is 45.0 Å². The highest BCUT2D eigenvalue weighted by molar-refractivity contribution is 5.92. The Morgan fingerprint density at radius 1 is 0.760 bits per heavy atom. The topological polar surface area (TPSA) is 39.7 Å². The van der Waals surface area contributed by atoms with E-state index in [2.05, 4.69) is 39.0 Å². The molecule has 1 amide bonds. The van der Waals surface area contributed by atoms with E-state index in [-0.39, 0.29) is 5.91 Å². The predicted octanol–water partition coefficient (Wildman–Crippen LogP) is 2.64. The first-order chi connectivity index (χ1) is 12.3. The van der Waals surface area contributed by atoms with Crippen molar-refractivity contribution in [3.8, 4) is 0 Å². The zero-order chi connectivity index (χ0) is 17.1. The summed E-state index contributed by atoms with van der Waals surface area (Å²) >= 11 is 0. The van der Waals surface area contributed by atoms with Crippen molar-refractivity contribution in [1.82, 2.24) is 9.88 Å². The first-order valence-corrected chi connectivity index (χ1v) is 9.11. The molecule has 130 valence electrons. The number of carbonyl (C=O) groups excluding carboxylic acids is 1. The van der Waals surface area contributed by atoms with Gasteiger partial charge in [0.2, 0.25) is 0 Å². The van der Waals surface area contributed by atoms with Gasteiger partial charge in [-0.3, -0.25) is 4.79 Å². The van der Waals surface area contributed by atoms with Crippen LogP contribution in [0.1, 0.15) is 23.3 Å². The fraction of sp³-hybridized carbons (Fsp3) is 0.400. The van der Waals surface area contributed by atoms with E-state index in [1.807, 2.05) is 29.3 Å². The van der Waals surface area contributed by atoms with Gasteiger partial charge >= 0.3 is 0 Å². The van der Waals surface area contributed by atoms with Gasteiger partial charge in [0.1, 0.15) is 5.69 Å². The Kier molecular flexibility index (Phi) is 4.55. The highest BCUT2D eigenvalue weighted by Gasteiger charge is 2.23. The molecule has 0 unspecified atom stereocenters. The molecule has 5 nitrogen and oxygen atoms in total. The average molecular weight is 336 g/mol. The molecule has 2 fully saturated rings. The lowest BCUT2D eigenvalue weighted by molar-refractivity contribution is 0.0741. The number of anilines is 2. The Labute approximate surface area is 148 Å². The third-order valence-electron chi connectivity index (χ3n) is 5.13. The van der Waals surface area contributed by atoms with Crippen LogP contribution in [-0.2, 0) is 0 Å². The first kappa shape index (κ1) is 15.9. The number of amides is 1. The minimum atomic E-state index is 0.0423. The van der Waals surface area contributed by atoms with Crippen LogP contribution >= 0.6 is 0 Å². The molecule has 5 heteroatoms. The third kappa shape index (κ3) is 3.45. The number of hydrogen-bond donors (Lipinski definition) is 0. The summed E-state index contributed by atoms with van der Waals surface area (Å²) in [5, 5.41) is 0. The monoisotopic (exact) mass is 336 g/mol. The van der Waals surface area contributed by atoms with E-state index in [1.165, 1.54) is 18.5 Å². The predicted molar refractivity (Wildman–Crippen MR) is 100 cm³/mol. The first-order valence-electron chi connectivity index (χ1n) is 9.11. The fourth-order valence-corrected chi connectivity index (χ4v) is 3.64. The molecule has 0 aliphatic carbocycles. The summed E-state index contributed by atoms with van der Waals surface area (Å²) in [5.41, 5.74) is 2.90. The molecule has 0 bridgehead atoms. The molecule has 2 aliphatic rings. The molecule has 3 heterocycles. The van der Waals surface area contributed by atoms with Gasteiger partial charge in [0.15, 0.2) is 0 Å². The van der Waals surface area contributed by atoms with E-state index in [9.17, 15) is 4.79 Å². The molecule has 4 rings (SSSR count). The molecule has 0 radical (unpaired) electrons. The normalized spacial score (nSPS) is 17.8. The van der Waals surface area contributed by atoms with Crippen molar-refractivity contribution in [2.75, 3.05) is 49.1 Å². The minimum Gasteiger partial charge on any atom is -0.370 e. The molecule has 2 aromatic rings. The number of rotatable bonds is 3. The Morgan fingerprint density at radius 2 is 1.44 bits per heavy atom. The summed E-state index contributed by atoms with van der Waals surface area (Å²) in [5.74, 6) is 0.0423. The summed E-state index contributed by atoms with van der Waals surface area (Å²) in [4.78, 5) is 23.7. The van der Waals surface area contributed by atoms with Crippen LogP contribution in [0.25, 0.3) is 0 Å². The number of pyridine rings is 1. The third-order valence-corrected chi connectivity index (χ3v) is 5.13. The maximum atomic E-state index is 12.7. The highest BCUT2D eigenvalue weighted by Crippen LogP contribution is 2.20. The van der Waals surface area contributed by atoms with Gasteiger partial charge in [0.25, 0.3) is 5.91 Å². The van der Waals surface area contributed by atoms with E-state index in [1.54, 1.807) is 0 Å². The van der Waals surface area contributed by atoms with E-state index in [0.29, 0.717) is 5.69 Å². The van der Waals surface area contributed by atoms with Gasteiger partial charge in [0.05, 0.1) is 11.9 Å². The molecular weight excluding hydrogens is 312 g/mol. The Balaban J connectivity index is 1.37. The largest absolute Gasteiger partial charge is 0.370 e. The van der Waals surface area contributed by atoms with Gasteiger partial charge in [-0.05, 0) is 37.1 Å². The lowest BCUT2D eigenvalue weighted by Crippen LogP contribution is -2.49. The number of hydrogen-bond acceptors (Lipinski definition) is 4. The Morgan fingerprint density at radius 3 is 2.08 bits per heavy atom. The van der Waals surface area contributed by atoms with Crippen molar-refractivity contribution >= 4 is 17.3 Å². The lowest BCUT2D eigenvalue weighted by Gasteiger charge is -2.36. The van der Waals surface area contributed by atoms with E-state index >= 15 is 0 Å². The number of benzene rings is 1. The second-order valence-electron chi connectivity index (χ2n) is 6.71. The van der Waals surface area contributed by atoms with Crippen LogP contribution in [0.4, 0.5) is 11.4 Å². The number of nitrogens with zero attached hydrogens (tertiary/aromatic N) is 4. The molecule has 0 atom stereocenters. The lowest BCUT2D eigenvalue weighted by atomic mass is 10.2. The summed E-state index contributed by atoms with van der Waals surface area (Å²) in [6.07, 6.45) is 4.33. The summed E-state index contributed by atoms with van der Waals surface area (Å²) in [6.45, 7) is 5.39. The minimum absolute atomic E-state index is 0.0423. The van der Waals surface area contributed by atoms with Gasteiger partial charge in [-0.1, -0.05) is 18.2 Å². The number of para-hydroxylation sites is 1. The average Bonchev–Trinajstić information content (AvgIpc) is 3.23. The molecule has 0 N–H and O–H groups in total. The molecule has 1 aromatic carbocycles. The van der Waals surface area contributed by atoms with Crippen molar-refractivity contribution in [2.45, 2.75) is 12.8 Å². The smallest absolute Gasteiger partial charge is 0.272 e. The van der Waals surface area contributed by atoms with Gasteiger partial charge in [-0.15, -0.1) is 0 Å². The van der Waals surface area contributed by atoms with Crippen LogP contribution in [0, 0.1) is 0 Å². The van der Waals surface area contributed by atoms with Crippen LogP contribution in [-0.4, -0.2) is 55.1 Å². The number of piperazine rings is 1. The fourth-order valence-electron chi connectivity index (χ4n) is 3.64. The zero-order valence-corrected chi connectivity index (χ0v) is 14.5. The van der Waals surface area contributed by atoms with Crippen LogP contribution in [0.3, 0.4) is 0 Å². The van der Waals surface area contributed by atoms with Crippen LogP contribution in [0.5, 0.6) is 0 Å². The highest BCUT2D eigenvalue weighted by atomic mass is 16.2. The van der Waals surface area contributed by atoms with Gasteiger partial charge in [-0.25, -0.2) is 4.98 Å². The maximum absolute atomic E-state index is 12.7. The van der Waals surface area contributed by atoms with Crippen LogP contribution in [0.15, 0.2) is 48.7 Å². The van der Waals surface area contributed by atoms with E-state index < -0.39 is 0 Å². The van der Waals surface area contributed by atoms with Gasteiger partial charge < -0.3 is 14.7 Å². The summed E-state index contributed by atoms with van der Waals surface area (Å²) in [7, 11) is 0. The zero-order valence-electron chi connectivity index (χ0n) is 14.5. The molecule has 2 saturated heterocycles. The molecule has 25 heavy (non-hydrogen) atoms. The SMILES string of the molecule is O=C(c1ccc(N2CCCC2)cn1)N1CCN(c2ccccc2)CC1. The summed E-state index contributed by atoms with van der Waals surface area (Å²) in [6, 6.07) is 14.3. The van der Waals surface area contributed by atoms with Gasteiger partial charge in [0, 0.05) is 45.0 Å². The van der Waals surface area contributed by atoms with Crippen LogP contribution in [0.2, 0.25) is 0 Å². The van der Waals surface area contributed by atoms with Crippen molar-refractivity contribution in [3.05, 3.63) is 54.4 Å². The van der Waals surface area contributed by atoms with Crippen molar-refractivity contribution in [2.24, 2.45) is 0 Å². The van der Waals surface area contributed by atoms with E-state index in [4.69, 9.17) is 0 Å². The Bertz CT molecular complexity index is 702. The maximum Gasteiger partial charge on any atom is 0.272 e. The quantitative estimate of drug-likeness (QED) is 0.864. The standard InChI is InChI=1S/C20H24N4O/c25-20(19-9-8-18(16-21-19)22-10-4-5-11-22)24-14-12-23(13-15-24)17-6-2-1-3-7-17/h1-3,6-9,16H,4-5,10-15H2. The molecular formula is C20H24N4O. The van der Waals surface area contributed by atoms with Crippen molar-refractivity contribution in [3.63, 3.8) is 0 Å². The molecule has 0 saturated carbocycles. The van der Waals surface area contributed by atoms with Crippen molar-refractivity contribution < 1.29 is 4.79 Å². The van der Waals surface area contributed by atoms with Crippen LogP contribution < -0.4 is 9.80 Å². The Hall–Kier alpha value is -2.56. The molecule has 1 aromatic heterocycles.